The zero-order valence-electron chi connectivity index (χ0n) is 16.3. The zero-order chi connectivity index (χ0) is 19.5. The lowest BCUT2D eigenvalue weighted by Crippen LogP contribution is -2.46. The summed E-state index contributed by atoms with van der Waals surface area (Å²) in [6.07, 6.45) is 4.32. The highest BCUT2D eigenvalue weighted by molar-refractivity contribution is 6.42. The molecule has 0 aliphatic carbocycles. The standard InChI is InChI=1S/C22H28N2O3/c1-21(2)16-22(12-15-27-21,17-8-5-4-6-9-17)11-13-23-20(26)19(25)18-10-7-14-24(18)3/h4-10,14H,11-13,15-16H2,1-3H3,(H,23,26)/t22-/m1/s1. The molecule has 3 rings (SSSR count). The van der Waals surface area contributed by atoms with Gasteiger partial charge in [0.25, 0.3) is 11.7 Å². The molecule has 0 radical (unpaired) electrons. The predicted molar refractivity (Wildman–Crippen MR) is 105 cm³/mol. The molecule has 1 aliphatic rings. The molecule has 1 fully saturated rings. The van der Waals surface area contributed by atoms with Gasteiger partial charge in [-0.25, -0.2) is 0 Å². The molecule has 5 heteroatoms. The summed E-state index contributed by atoms with van der Waals surface area (Å²) in [6, 6.07) is 13.8. The van der Waals surface area contributed by atoms with E-state index in [2.05, 4.69) is 43.4 Å². The Balaban J connectivity index is 1.70. The first-order chi connectivity index (χ1) is 12.8. The smallest absolute Gasteiger partial charge is 0.293 e. The third-order valence-corrected chi connectivity index (χ3v) is 5.50. The number of ether oxygens (including phenoxy) is 1. The Bertz CT molecular complexity index is 810. The Morgan fingerprint density at radius 1 is 1.15 bits per heavy atom. The SMILES string of the molecule is Cn1cccc1C(=O)C(=O)NCC[C@@]1(c2ccccc2)CCOC(C)(C)C1. The van der Waals surface area contributed by atoms with Crippen molar-refractivity contribution in [2.24, 2.45) is 7.05 Å². The summed E-state index contributed by atoms with van der Waals surface area (Å²) >= 11 is 0. The van der Waals surface area contributed by atoms with E-state index in [4.69, 9.17) is 4.74 Å². The summed E-state index contributed by atoms with van der Waals surface area (Å²) in [5.41, 5.74) is 1.39. The fourth-order valence-corrected chi connectivity index (χ4v) is 4.18. The maximum absolute atomic E-state index is 12.3. The summed E-state index contributed by atoms with van der Waals surface area (Å²) in [4.78, 5) is 24.6. The van der Waals surface area contributed by atoms with Crippen molar-refractivity contribution >= 4 is 11.7 Å². The maximum atomic E-state index is 12.3. The number of hydrogen-bond acceptors (Lipinski definition) is 3. The quantitative estimate of drug-likeness (QED) is 0.629. The number of rotatable bonds is 6. The average molecular weight is 368 g/mol. The van der Waals surface area contributed by atoms with E-state index >= 15 is 0 Å². The largest absolute Gasteiger partial charge is 0.376 e. The van der Waals surface area contributed by atoms with Gasteiger partial charge in [-0.3, -0.25) is 9.59 Å². The van der Waals surface area contributed by atoms with E-state index in [0.29, 0.717) is 18.8 Å². The number of carbonyl (C=O) groups is 2. The van der Waals surface area contributed by atoms with Gasteiger partial charge in [0, 0.05) is 31.8 Å². The highest BCUT2D eigenvalue weighted by atomic mass is 16.5. The Labute approximate surface area is 160 Å². The van der Waals surface area contributed by atoms with Crippen molar-refractivity contribution in [3.8, 4) is 0 Å². The van der Waals surface area contributed by atoms with Crippen LogP contribution >= 0.6 is 0 Å². The van der Waals surface area contributed by atoms with Crippen LogP contribution in [0, 0.1) is 0 Å². The van der Waals surface area contributed by atoms with E-state index in [1.807, 2.05) is 6.07 Å². The van der Waals surface area contributed by atoms with Crippen molar-refractivity contribution in [3.63, 3.8) is 0 Å². The van der Waals surface area contributed by atoms with Gasteiger partial charge in [0.1, 0.15) is 0 Å². The second kappa shape index (κ2) is 7.69. The molecule has 1 amide bonds. The number of hydrogen-bond donors (Lipinski definition) is 1. The van der Waals surface area contributed by atoms with Crippen LogP contribution in [0.25, 0.3) is 0 Å². The van der Waals surface area contributed by atoms with Gasteiger partial charge >= 0.3 is 0 Å². The molecule has 27 heavy (non-hydrogen) atoms. The molecule has 5 nitrogen and oxygen atoms in total. The molecule has 2 aromatic rings. The van der Waals surface area contributed by atoms with Crippen LogP contribution in [-0.4, -0.2) is 35.0 Å². The van der Waals surface area contributed by atoms with Crippen LogP contribution in [0.3, 0.4) is 0 Å². The van der Waals surface area contributed by atoms with E-state index < -0.39 is 11.7 Å². The molecular weight excluding hydrogens is 340 g/mol. The van der Waals surface area contributed by atoms with E-state index in [1.54, 1.807) is 29.9 Å². The van der Waals surface area contributed by atoms with Crippen molar-refractivity contribution in [1.29, 1.82) is 0 Å². The number of aryl methyl sites for hydroxylation is 1. The minimum absolute atomic E-state index is 0.0652. The lowest BCUT2D eigenvalue weighted by molar-refractivity contribution is -0.117. The monoisotopic (exact) mass is 368 g/mol. The van der Waals surface area contributed by atoms with Gasteiger partial charge in [-0.2, -0.15) is 0 Å². The highest BCUT2D eigenvalue weighted by Gasteiger charge is 2.41. The third kappa shape index (κ3) is 4.30. The van der Waals surface area contributed by atoms with Crippen LogP contribution in [0.15, 0.2) is 48.7 Å². The van der Waals surface area contributed by atoms with Gasteiger partial charge in [-0.1, -0.05) is 30.3 Å². The molecule has 0 unspecified atom stereocenters. The number of amides is 1. The number of carbonyl (C=O) groups excluding carboxylic acids is 2. The van der Waals surface area contributed by atoms with Gasteiger partial charge in [-0.15, -0.1) is 0 Å². The highest BCUT2D eigenvalue weighted by Crippen LogP contribution is 2.43. The number of nitrogens with zero attached hydrogens (tertiary/aromatic N) is 1. The van der Waals surface area contributed by atoms with Crippen molar-refractivity contribution in [3.05, 3.63) is 59.9 Å². The van der Waals surface area contributed by atoms with Gasteiger partial charge < -0.3 is 14.6 Å². The van der Waals surface area contributed by atoms with Crippen molar-refractivity contribution < 1.29 is 14.3 Å². The summed E-state index contributed by atoms with van der Waals surface area (Å²) in [5.74, 6) is -1.05. The van der Waals surface area contributed by atoms with Crippen LogP contribution < -0.4 is 5.32 Å². The molecule has 1 aromatic heterocycles. The molecule has 1 saturated heterocycles. The number of ketones is 1. The fraction of sp³-hybridized carbons (Fsp3) is 0.455. The zero-order valence-corrected chi connectivity index (χ0v) is 16.3. The predicted octanol–water partition coefficient (Wildman–Crippen LogP) is 3.24. The summed E-state index contributed by atoms with van der Waals surface area (Å²) in [7, 11) is 1.76. The van der Waals surface area contributed by atoms with Crippen LogP contribution in [0.4, 0.5) is 0 Å². The first-order valence-electron chi connectivity index (χ1n) is 9.46. The molecule has 0 spiro atoms. The molecule has 2 heterocycles. The summed E-state index contributed by atoms with van der Waals surface area (Å²) < 4.78 is 7.59. The Morgan fingerprint density at radius 3 is 2.52 bits per heavy atom. The lowest BCUT2D eigenvalue weighted by atomic mass is 9.67. The molecule has 1 aliphatic heterocycles. The maximum Gasteiger partial charge on any atom is 0.293 e. The van der Waals surface area contributed by atoms with E-state index in [-0.39, 0.29) is 11.0 Å². The number of Topliss-reactive ketones (excluding diaryl/α,β-unsaturated/α-hetero) is 1. The second-order valence-corrected chi connectivity index (χ2v) is 8.02. The molecule has 0 bridgehead atoms. The minimum Gasteiger partial charge on any atom is -0.376 e. The minimum atomic E-state index is -0.550. The fourth-order valence-electron chi connectivity index (χ4n) is 4.18. The van der Waals surface area contributed by atoms with Gasteiger partial charge in [0.05, 0.1) is 11.3 Å². The average Bonchev–Trinajstić information content (AvgIpc) is 3.07. The second-order valence-electron chi connectivity index (χ2n) is 8.02. The van der Waals surface area contributed by atoms with Crippen LogP contribution in [0.1, 0.15) is 49.2 Å². The van der Waals surface area contributed by atoms with Crippen molar-refractivity contribution in [2.45, 2.75) is 44.1 Å². The first kappa shape index (κ1) is 19.4. The molecular formula is C22H28N2O3. The van der Waals surface area contributed by atoms with E-state index in [9.17, 15) is 9.59 Å². The molecule has 0 saturated carbocycles. The van der Waals surface area contributed by atoms with E-state index in [0.717, 1.165) is 19.3 Å². The summed E-state index contributed by atoms with van der Waals surface area (Å²) in [6.45, 7) is 5.38. The first-order valence-corrected chi connectivity index (χ1v) is 9.46. The number of benzene rings is 1. The van der Waals surface area contributed by atoms with Crippen molar-refractivity contribution in [2.75, 3.05) is 13.2 Å². The lowest BCUT2D eigenvalue weighted by Gasteiger charge is -2.45. The van der Waals surface area contributed by atoms with Gasteiger partial charge in [-0.05, 0) is 50.8 Å². The van der Waals surface area contributed by atoms with Crippen LogP contribution in [0.2, 0.25) is 0 Å². The molecule has 1 N–H and O–H groups in total. The number of nitrogens with one attached hydrogen (secondary N) is 1. The Hall–Kier alpha value is -2.40. The van der Waals surface area contributed by atoms with Crippen LogP contribution in [-0.2, 0) is 22.0 Å². The summed E-state index contributed by atoms with van der Waals surface area (Å²) in [5, 5.41) is 2.82. The van der Waals surface area contributed by atoms with E-state index in [1.165, 1.54) is 5.56 Å². The van der Waals surface area contributed by atoms with Crippen molar-refractivity contribution in [1.82, 2.24) is 9.88 Å². The molecule has 1 atom stereocenters. The number of aromatic nitrogens is 1. The topological polar surface area (TPSA) is 60.3 Å². The van der Waals surface area contributed by atoms with Crippen LogP contribution in [0.5, 0.6) is 0 Å². The Morgan fingerprint density at radius 2 is 1.89 bits per heavy atom. The molecule has 1 aromatic carbocycles. The third-order valence-electron chi connectivity index (χ3n) is 5.50. The van der Waals surface area contributed by atoms with Gasteiger partial charge in [0.2, 0.25) is 0 Å². The Kier molecular flexibility index (Phi) is 5.51. The normalized spacial score (nSPS) is 21.6. The van der Waals surface area contributed by atoms with Gasteiger partial charge in [0.15, 0.2) is 0 Å². The molecule has 144 valence electrons.